The standard InChI is InChI=1S/C16H16Br2ClNO/c1-3-20-16(12-9-11(19)5-6-13(12)17)10-4-7-15(21-2)14(18)8-10/h4-9,16,20H,3H2,1-2H3. The van der Waals surface area contributed by atoms with Gasteiger partial charge < -0.3 is 10.1 Å². The van der Waals surface area contributed by atoms with Gasteiger partial charge in [-0.1, -0.05) is 40.5 Å². The summed E-state index contributed by atoms with van der Waals surface area (Å²) in [6, 6.07) is 12.0. The van der Waals surface area contributed by atoms with Crippen molar-refractivity contribution in [1.29, 1.82) is 0 Å². The monoisotopic (exact) mass is 431 g/mol. The molecule has 2 aromatic carbocycles. The van der Waals surface area contributed by atoms with Gasteiger partial charge in [0.2, 0.25) is 0 Å². The van der Waals surface area contributed by atoms with Gasteiger partial charge >= 0.3 is 0 Å². The Morgan fingerprint density at radius 3 is 2.52 bits per heavy atom. The first-order chi connectivity index (χ1) is 10.1. The molecule has 0 spiro atoms. The lowest BCUT2D eigenvalue weighted by Gasteiger charge is -2.21. The van der Waals surface area contributed by atoms with Crippen molar-refractivity contribution in [3.8, 4) is 5.75 Å². The second-order valence-electron chi connectivity index (χ2n) is 4.55. The molecule has 0 aliphatic rings. The zero-order valence-corrected chi connectivity index (χ0v) is 15.7. The summed E-state index contributed by atoms with van der Waals surface area (Å²) in [5, 5.41) is 4.22. The van der Waals surface area contributed by atoms with Crippen molar-refractivity contribution in [3.05, 3.63) is 61.5 Å². The molecule has 0 aromatic heterocycles. The van der Waals surface area contributed by atoms with Crippen molar-refractivity contribution in [2.45, 2.75) is 13.0 Å². The number of hydrogen-bond donors (Lipinski definition) is 1. The van der Waals surface area contributed by atoms with Crippen LogP contribution in [0.25, 0.3) is 0 Å². The Kier molecular flexibility index (Phi) is 6.11. The molecule has 0 aliphatic carbocycles. The molecule has 1 atom stereocenters. The van der Waals surface area contributed by atoms with Crippen LogP contribution in [-0.4, -0.2) is 13.7 Å². The third-order valence-corrected chi connectivity index (χ3v) is 4.76. The van der Waals surface area contributed by atoms with Gasteiger partial charge in [0.15, 0.2) is 0 Å². The van der Waals surface area contributed by atoms with Gasteiger partial charge in [0.25, 0.3) is 0 Å². The predicted molar refractivity (Wildman–Crippen MR) is 95.4 cm³/mol. The van der Waals surface area contributed by atoms with E-state index in [1.165, 1.54) is 0 Å². The van der Waals surface area contributed by atoms with Gasteiger partial charge in [0.05, 0.1) is 17.6 Å². The number of methoxy groups -OCH3 is 1. The second kappa shape index (κ2) is 7.63. The van der Waals surface area contributed by atoms with Crippen molar-refractivity contribution >= 4 is 43.5 Å². The van der Waals surface area contributed by atoms with Gasteiger partial charge in [-0.2, -0.15) is 0 Å². The lowest BCUT2D eigenvalue weighted by molar-refractivity contribution is 0.412. The van der Waals surface area contributed by atoms with E-state index in [4.69, 9.17) is 16.3 Å². The van der Waals surface area contributed by atoms with Crippen LogP contribution < -0.4 is 10.1 Å². The van der Waals surface area contributed by atoms with Gasteiger partial charge in [-0.05, 0) is 63.9 Å². The minimum atomic E-state index is 0.0604. The molecule has 5 heteroatoms. The lowest BCUT2D eigenvalue weighted by Crippen LogP contribution is -2.22. The zero-order chi connectivity index (χ0) is 15.4. The smallest absolute Gasteiger partial charge is 0.133 e. The van der Waals surface area contributed by atoms with E-state index in [-0.39, 0.29) is 6.04 Å². The fourth-order valence-electron chi connectivity index (χ4n) is 2.21. The third kappa shape index (κ3) is 4.01. The summed E-state index contributed by atoms with van der Waals surface area (Å²) in [5.74, 6) is 0.819. The second-order valence-corrected chi connectivity index (χ2v) is 6.70. The van der Waals surface area contributed by atoms with Crippen molar-refractivity contribution in [2.75, 3.05) is 13.7 Å². The van der Waals surface area contributed by atoms with Crippen molar-refractivity contribution in [1.82, 2.24) is 5.32 Å². The number of ether oxygens (including phenoxy) is 1. The highest BCUT2D eigenvalue weighted by molar-refractivity contribution is 9.10. The highest BCUT2D eigenvalue weighted by Gasteiger charge is 2.17. The SMILES string of the molecule is CCNC(c1ccc(OC)c(Br)c1)c1cc(Cl)ccc1Br. The van der Waals surface area contributed by atoms with E-state index < -0.39 is 0 Å². The summed E-state index contributed by atoms with van der Waals surface area (Å²) < 4.78 is 7.26. The Labute approximate surface area is 147 Å². The maximum absolute atomic E-state index is 6.15. The van der Waals surface area contributed by atoms with E-state index in [0.717, 1.165) is 37.4 Å². The summed E-state index contributed by atoms with van der Waals surface area (Å²) in [6.07, 6.45) is 0. The van der Waals surface area contributed by atoms with Crippen LogP contribution in [0.3, 0.4) is 0 Å². The van der Waals surface area contributed by atoms with Gasteiger partial charge in [-0.3, -0.25) is 0 Å². The van der Waals surface area contributed by atoms with E-state index in [2.05, 4.69) is 56.2 Å². The molecular weight excluding hydrogens is 417 g/mol. The molecule has 1 N–H and O–H groups in total. The molecular formula is C16H16Br2ClNO. The minimum Gasteiger partial charge on any atom is -0.496 e. The first-order valence-corrected chi connectivity index (χ1v) is 8.55. The van der Waals surface area contributed by atoms with Crippen LogP contribution in [0.15, 0.2) is 45.3 Å². The first-order valence-electron chi connectivity index (χ1n) is 6.58. The number of nitrogens with one attached hydrogen (secondary N) is 1. The molecule has 0 fully saturated rings. The number of benzene rings is 2. The Hall–Kier alpha value is -0.550. The van der Waals surface area contributed by atoms with Crippen LogP contribution in [0.4, 0.5) is 0 Å². The summed E-state index contributed by atoms with van der Waals surface area (Å²) in [7, 11) is 1.66. The molecule has 2 nitrogen and oxygen atoms in total. The summed E-state index contributed by atoms with van der Waals surface area (Å²) in [6.45, 7) is 2.94. The quantitative estimate of drug-likeness (QED) is 0.665. The number of rotatable bonds is 5. The van der Waals surface area contributed by atoms with E-state index in [0.29, 0.717) is 0 Å². The maximum Gasteiger partial charge on any atom is 0.133 e. The first kappa shape index (κ1) is 16.8. The van der Waals surface area contributed by atoms with Gasteiger partial charge in [-0.15, -0.1) is 0 Å². The average molecular weight is 434 g/mol. The van der Waals surface area contributed by atoms with E-state index >= 15 is 0 Å². The van der Waals surface area contributed by atoms with Crippen LogP contribution >= 0.6 is 43.5 Å². The zero-order valence-electron chi connectivity index (χ0n) is 11.8. The molecule has 112 valence electrons. The summed E-state index contributed by atoms with van der Waals surface area (Å²) >= 11 is 13.3. The molecule has 0 saturated carbocycles. The molecule has 0 bridgehead atoms. The van der Waals surface area contributed by atoms with Gasteiger partial charge in [0, 0.05) is 9.50 Å². The molecule has 21 heavy (non-hydrogen) atoms. The van der Waals surface area contributed by atoms with E-state index in [1.807, 2.05) is 24.3 Å². The number of halogens is 3. The Morgan fingerprint density at radius 1 is 1.14 bits per heavy atom. The molecule has 0 radical (unpaired) electrons. The molecule has 0 aliphatic heterocycles. The lowest BCUT2D eigenvalue weighted by atomic mass is 9.98. The Bertz CT molecular complexity index is 634. The summed E-state index contributed by atoms with van der Waals surface area (Å²) in [5.41, 5.74) is 2.26. The highest BCUT2D eigenvalue weighted by Crippen LogP contribution is 2.34. The topological polar surface area (TPSA) is 21.3 Å². The predicted octanol–water partition coefficient (Wildman–Crippen LogP) is 5.57. The molecule has 1 unspecified atom stereocenters. The molecule has 0 heterocycles. The van der Waals surface area contributed by atoms with Crippen molar-refractivity contribution in [2.24, 2.45) is 0 Å². The average Bonchev–Trinajstić information content (AvgIpc) is 2.47. The number of hydrogen-bond acceptors (Lipinski definition) is 2. The highest BCUT2D eigenvalue weighted by atomic mass is 79.9. The maximum atomic E-state index is 6.15. The van der Waals surface area contributed by atoms with Crippen molar-refractivity contribution < 1.29 is 4.74 Å². The fourth-order valence-corrected chi connectivity index (χ4v) is 3.42. The van der Waals surface area contributed by atoms with Gasteiger partial charge in [0.1, 0.15) is 5.75 Å². The molecule has 2 rings (SSSR count). The van der Waals surface area contributed by atoms with E-state index in [9.17, 15) is 0 Å². The van der Waals surface area contributed by atoms with Crippen LogP contribution in [0.5, 0.6) is 5.75 Å². The van der Waals surface area contributed by atoms with Crippen LogP contribution in [-0.2, 0) is 0 Å². The molecule has 0 saturated heterocycles. The van der Waals surface area contributed by atoms with Crippen molar-refractivity contribution in [3.63, 3.8) is 0 Å². The summed E-state index contributed by atoms with van der Waals surface area (Å²) in [4.78, 5) is 0. The normalized spacial score (nSPS) is 12.2. The molecule has 2 aromatic rings. The Balaban J connectivity index is 2.48. The fraction of sp³-hybridized carbons (Fsp3) is 0.250. The van der Waals surface area contributed by atoms with Gasteiger partial charge in [-0.25, -0.2) is 0 Å². The Morgan fingerprint density at radius 2 is 1.90 bits per heavy atom. The molecule has 0 amide bonds. The van der Waals surface area contributed by atoms with Crippen LogP contribution in [0.1, 0.15) is 24.1 Å². The van der Waals surface area contributed by atoms with Crippen LogP contribution in [0.2, 0.25) is 5.02 Å². The third-order valence-electron chi connectivity index (χ3n) is 3.19. The van der Waals surface area contributed by atoms with E-state index in [1.54, 1.807) is 7.11 Å². The largest absolute Gasteiger partial charge is 0.496 e. The van der Waals surface area contributed by atoms with Crippen LogP contribution in [0, 0.1) is 0 Å². The minimum absolute atomic E-state index is 0.0604.